The van der Waals surface area contributed by atoms with Crippen LogP contribution in [0.15, 0.2) is 41.1 Å². The number of piperazine rings is 1. The van der Waals surface area contributed by atoms with E-state index in [4.69, 9.17) is 5.11 Å². The van der Waals surface area contributed by atoms with Gasteiger partial charge < -0.3 is 19.5 Å². The number of hydrogen-bond acceptors (Lipinski definition) is 6. The van der Waals surface area contributed by atoms with Crippen molar-refractivity contribution in [2.24, 2.45) is 4.40 Å². The van der Waals surface area contributed by atoms with E-state index in [2.05, 4.69) is 14.4 Å². The van der Waals surface area contributed by atoms with Crippen molar-refractivity contribution in [2.75, 3.05) is 31.1 Å². The van der Waals surface area contributed by atoms with Gasteiger partial charge in [0.25, 0.3) is 0 Å². The Bertz CT molecular complexity index is 908. The predicted molar refractivity (Wildman–Crippen MR) is 114 cm³/mol. The topological polar surface area (TPSA) is 105 Å². The summed E-state index contributed by atoms with van der Waals surface area (Å²) in [6.07, 6.45) is 2.25. The predicted octanol–water partition coefficient (Wildman–Crippen LogP) is 2.72. The molecular formula is C20H24FN5O3S. The molecule has 1 fully saturated rings. The first-order valence-corrected chi connectivity index (χ1v) is 10.6. The monoisotopic (exact) mass is 433 g/mol. The van der Waals surface area contributed by atoms with Gasteiger partial charge in [0.15, 0.2) is 0 Å². The summed E-state index contributed by atoms with van der Waals surface area (Å²) in [5.41, 5.74) is 1.60. The van der Waals surface area contributed by atoms with Gasteiger partial charge in [-0.2, -0.15) is 0 Å². The second-order valence-electron chi connectivity index (χ2n) is 7.84. The number of aromatic nitrogens is 2. The third-order valence-corrected chi connectivity index (χ3v) is 5.96. The van der Waals surface area contributed by atoms with Crippen LogP contribution >= 0.6 is 0 Å². The van der Waals surface area contributed by atoms with Gasteiger partial charge in [0, 0.05) is 49.7 Å². The molecule has 0 spiro atoms. The molecule has 1 aliphatic rings. The molecule has 10 heteroatoms. The summed E-state index contributed by atoms with van der Waals surface area (Å²) >= 11 is -1.52. The first-order valence-electron chi connectivity index (χ1n) is 9.47. The first-order chi connectivity index (χ1) is 14.1. The molecule has 0 saturated carbocycles. The summed E-state index contributed by atoms with van der Waals surface area (Å²) in [5, 5.41) is 9.06. The standard InChI is InChI=1S/C20H24FN5O3S/c1-20(2,3)30(29)24-17(14-4-6-16(21)7-5-14)15-12-22-18(23-13-15)25-8-10-26(11-9-25)19(27)28/h4-7,12-13H,8-11H2,1-3H3,(H,27,28)/b24-17-. The number of hydrogen-bond donors (Lipinski definition) is 1. The minimum atomic E-state index is -1.52. The quantitative estimate of drug-likeness (QED) is 0.587. The first kappa shape index (κ1) is 22.0. The molecule has 0 radical (unpaired) electrons. The maximum atomic E-state index is 13.4. The highest BCUT2D eigenvalue weighted by Crippen LogP contribution is 2.21. The molecule has 30 heavy (non-hydrogen) atoms. The minimum absolute atomic E-state index is 0.373. The van der Waals surface area contributed by atoms with Crippen molar-refractivity contribution in [3.05, 3.63) is 53.6 Å². The van der Waals surface area contributed by atoms with Crippen LogP contribution in [0, 0.1) is 5.82 Å². The molecule has 0 aliphatic carbocycles. The van der Waals surface area contributed by atoms with Crippen molar-refractivity contribution in [1.29, 1.82) is 0 Å². The molecule has 0 bridgehead atoms. The lowest BCUT2D eigenvalue weighted by atomic mass is 10.1. The Labute approximate surface area is 177 Å². The molecule has 1 amide bonds. The Morgan fingerprint density at radius 3 is 2.17 bits per heavy atom. The normalized spacial score (nSPS) is 16.5. The number of nitrogens with zero attached hydrogens (tertiary/aromatic N) is 5. The van der Waals surface area contributed by atoms with Crippen LogP contribution < -0.4 is 4.90 Å². The minimum Gasteiger partial charge on any atom is -0.591 e. The van der Waals surface area contributed by atoms with Gasteiger partial charge in [-0.1, -0.05) is 4.40 Å². The third kappa shape index (κ3) is 5.25. The molecule has 8 nitrogen and oxygen atoms in total. The zero-order valence-corrected chi connectivity index (χ0v) is 17.9. The smallest absolute Gasteiger partial charge is 0.407 e. The summed E-state index contributed by atoms with van der Waals surface area (Å²) in [5.74, 6) is 0.112. The van der Waals surface area contributed by atoms with E-state index >= 15 is 0 Å². The third-order valence-electron chi connectivity index (χ3n) is 4.56. The van der Waals surface area contributed by atoms with Crippen molar-refractivity contribution < 1.29 is 18.8 Å². The zero-order chi connectivity index (χ0) is 21.9. The van der Waals surface area contributed by atoms with Crippen LogP contribution in [-0.2, 0) is 11.4 Å². The summed E-state index contributed by atoms with van der Waals surface area (Å²) in [6, 6.07) is 5.80. The zero-order valence-electron chi connectivity index (χ0n) is 17.1. The van der Waals surface area contributed by atoms with Crippen molar-refractivity contribution in [3.63, 3.8) is 0 Å². The Morgan fingerprint density at radius 2 is 1.67 bits per heavy atom. The highest BCUT2D eigenvalue weighted by Gasteiger charge is 2.28. The molecule has 1 N–H and O–H groups in total. The van der Waals surface area contributed by atoms with Gasteiger partial charge in [0.05, 0.1) is 0 Å². The van der Waals surface area contributed by atoms with E-state index < -0.39 is 22.2 Å². The number of carboxylic acid groups (broad SMARTS) is 1. The number of amides is 1. The van der Waals surface area contributed by atoms with Crippen molar-refractivity contribution in [3.8, 4) is 0 Å². The number of anilines is 1. The van der Waals surface area contributed by atoms with Gasteiger partial charge in [0.2, 0.25) is 5.95 Å². The lowest BCUT2D eigenvalue weighted by Gasteiger charge is -2.33. The molecular weight excluding hydrogens is 409 g/mol. The van der Waals surface area contributed by atoms with E-state index in [0.29, 0.717) is 49.0 Å². The maximum Gasteiger partial charge on any atom is 0.407 e. The summed E-state index contributed by atoms with van der Waals surface area (Å²) in [7, 11) is 0. The lowest BCUT2D eigenvalue weighted by Crippen LogP contribution is -2.48. The van der Waals surface area contributed by atoms with Crippen LogP contribution in [0.2, 0.25) is 0 Å². The summed E-state index contributed by atoms with van der Waals surface area (Å²) in [6.45, 7) is 7.24. The summed E-state index contributed by atoms with van der Waals surface area (Å²) < 4.78 is 29.8. The van der Waals surface area contributed by atoms with E-state index in [-0.39, 0.29) is 5.82 Å². The van der Waals surface area contributed by atoms with Crippen LogP contribution in [0.5, 0.6) is 0 Å². The molecule has 2 heterocycles. The van der Waals surface area contributed by atoms with Crippen molar-refractivity contribution in [1.82, 2.24) is 14.9 Å². The van der Waals surface area contributed by atoms with Crippen molar-refractivity contribution in [2.45, 2.75) is 25.5 Å². The SMILES string of the molecule is CC(C)(C)[S+]([O-])/N=C(/c1ccc(F)cc1)c1cnc(N2CCN(C(=O)O)CC2)nc1. The number of benzene rings is 1. The fourth-order valence-electron chi connectivity index (χ4n) is 2.80. The molecule has 1 aromatic carbocycles. The van der Waals surface area contributed by atoms with Crippen LogP contribution in [0.25, 0.3) is 0 Å². The van der Waals surface area contributed by atoms with E-state index in [9.17, 15) is 13.7 Å². The van der Waals surface area contributed by atoms with E-state index in [1.165, 1.54) is 17.0 Å². The lowest BCUT2D eigenvalue weighted by molar-refractivity contribution is 0.142. The van der Waals surface area contributed by atoms with E-state index in [1.54, 1.807) is 24.5 Å². The van der Waals surface area contributed by atoms with Crippen LogP contribution in [0.4, 0.5) is 15.1 Å². The van der Waals surface area contributed by atoms with Crippen molar-refractivity contribution >= 4 is 29.1 Å². The highest BCUT2D eigenvalue weighted by atomic mass is 32.2. The Hall–Kier alpha value is -2.72. The summed E-state index contributed by atoms with van der Waals surface area (Å²) in [4.78, 5) is 23.1. The molecule has 1 atom stereocenters. The Kier molecular flexibility index (Phi) is 6.57. The van der Waals surface area contributed by atoms with Gasteiger partial charge in [-0.25, -0.2) is 19.2 Å². The van der Waals surface area contributed by atoms with Crippen LogP contribution in [0.1, 0.15) is 31.9 Å². The molecule has 1 saturated heterocycles. The highest BCUT2D eigenvalue weighted by molar-refractivity contribution is 7.91. The fraction of sp³-hybridized carbons (Fsp3) is 0.400. The van der Waals surface area contributed by atoms with Gasteiger partial charge in [-0.05, 0) is 45.0 Å². The van der Waals surface area contributed by atoms with Gasteiger partial charge in [-0.15, -0.1) is 0 Å². The average Bonchev–Trinajstić information content (AvgIpc) is 2.72. The van der Waals surface area contributed by atoms with Gasteiger partial charge in [-0.3, -0.25) is 0 Å². The fourth-order valence-corrected chi connectivity index (χ4v) is 3.45. The second-order valence-corrected chi connectivity index (χ2v) is 9.74. The number of carbonyl (C=O) groups is 1. The average molecular weight is 434 g/mol. The van der Waals surface area contributed by atoms with Gasteiger partial charge >= 0.3 is 6.09 Å². The molecule has 1 unspecified atom stereocenters. The largest absolute Gasteiger partial charge is 0.591 e. The van der Waals surface area contributed by atoms with Crippen LogP contribution in [-0.4, -0.2) is 67.3 Å². The number of rotatable bonds is 4. The maximum absolute atomic E-state index is 13.4. The Balaban J connectivity index is 1.86. The second kappa shape index (κ2) is 8.97. The molecule has 2 aromatic rings. The Morgan fingerprint density at radius 1 is 1.10 bits per heavy atom. The van der Waals surface area contributed by atoms with E-state index in [1.807, 2.05) is 25.7 Å². The van der Waals surface area contributed by atoms with Crippen LogP contribution in [0.3, 0.4) is 0 Å². The van der Waals surface area contributed by atoms with Gasteiger partial charge in [0.1, 0.15) is 27.6 Å². The molecule has 3 rings (SSSR count). The number of halogens is 1. The molecule has 160 valence electrons. The van der Waals surface area contributed by atoms with E-state index in [0.717, 1.165) is 0 Å². The molecule has 1 aromatic heterocycles. The molecule has 1 aliphatic heterocycles.